The van der Waals surface area contributed by atoms with Gasteiger partial charge < -0.3 is 9.47 Å². The first-order valence-corrected chi connectivity index (χ1v) is 9.33. The highest BCUT2D eigenvalue weighted by Crippen LogP contribution is 2.36. The Labute approximate surface area is 153 Å². The molecule has 1 saturated heterocycles. The monoisotopic (exact) mass is 352 g/mol. The van der Waals surface area contributed by atoms with Gasteiger partial charge in [-0.1, -0.05) is 30.4 Å². The maximum atomic E-state index is 12.9. The lowest BCUT2D eigenvalue weighted by Gasteiger charge is -2.25. The molecule has 1 aromatic carbocycles. The van der Waals surface area contributed by atoms with E-state index in [0.29, 0.717) is 19.4 Å². The van der Waals surface area contributed by atoms with Crippen molar-refractivity contribution in [3.05, 3.63) is 48.2 Å². The number of fused-ring (bicyclic) bond motifs is 2. The van der Waals surface area contributed by atoms with Gasteiger partial charge in [-0.3, -0.25) is 14.5 Å². The highest BCUT2D eigenvalue weighted by molar-refractivity contribution is 6.05. The number of hydrogen-bond acceptors (Lipinski definition) is 2. The number of nitrogens with one attached hydrogen (secondary N) is 1. The number of carbonyl (C=O) groups is 2. The highest BCUT2D eigenvalue weighted by atomic mass is 16.2. The van der Waals surface area contributed by atoms with Crippen LogP contribution in [0.4, 0.5) is 0 Å². The molecule has 0 radical (unpaired) electrons. The van der Waals surface area contributed by atoms with Crippen LogP contribution in [0.5, 0.6) is 0 Å². The number of aryl methyl sites for hydroxylation is 1. The first-order valence-electron chi connectivity index (χ1n) is 9.33. The zero-order valence-corrected chi connectivity index (χ0v) is 15.6. The Morgan fingerprint density at radius 1 is 1.08 bits per heavy atom. The molecule has 3 atom stereocenters. The van der Waals surface area contributed by atoms with Crippen LogP contribution in [0.1, 0.15) is 24.4 Å². The van der Waals surface area contributed by atoms with Crippen LogP contribution in [0.15, 0.2) is 42.6 Å². The summed E-state index contributed by atoms with van der Waals surface area (Å²) in [5.41, 5.74) is 2.36. The van der Waals surface area contributed by atoms with E-state index in [1.165, 1.54) is 26.3 Å². The zero-order chi connectivity index (χ0) is 18.4. The van der Waals surface area contributed by atoms with Crippen LogP contribution >= 0.6 is 0 Å². The lowest BCUT2D eigenvalue weighted by Crippen LogP contribution is -3.07. The fourth-order valence-corrected chi connectivity index (χ4v) is 4.47. The van der Waals surface area contributed by atoms with Gasteiger partial charge in [0, 0.05) is 29.7 Å². The van der Waals surface area contributed by atoms with E-state index in [4.69, 9.17) is 0 Å². The van der Waals surface area contributed by atoms with Gasteiger partial charge in [-0.25, -0.2) is 0 Å². The summed E-state index contributed by atoms with van der Waals surface area (Å²) in [7, 11) is 6.22. The normalized spacial score (nSPS) is 23.9. The summed E-state index contributed by atoms with van der Waals surface area (Å²) in [5.74, 6) is -0.290. The SMILES string of the molecule is Cn1cc([C@@H](CN2C(=O)[C@H]3CC=CC[C@H]3C2=O)[NH+](C)C)c2ccccc21. The third kappa shape index (κ3) is 2.58. The number of likely N-dealkylation sites (tertiary alicyclic amines) is 1. The number of nitrogens with zero attached hydrogens (tertiary/aromatic N) is 2. The molecule has 1 fully saturated rings. The van der Waals surface area contributed by atoms with E-state index in [1.54, 1.807) is 0 Å². The molecule has 1 aromatic heterocycles. The van der Waals surface area contributed by atoms with E-state index in [9.17, 15) is 9.59 Å². The standard InChI is InChI=1S/C21H25N3O2/c1-22(2)19(17-12-23(3)18-11-7-6-8-14(17)18)13-24-20(25)15-9-4-5-10-16(15)21(24)26/h4-8,11-12,15-16,19H,9-10,13H2,1-3H3/p+1/t15-,16+,19-/m1/s1. The van der Waals surface area contributed by atoms with Crippen molar-refractivity contribution in [3.8, 4) is 0 Å². The molecule has 5 nitrogen and oxygen atoms in total. The van der Waals surface area contributed by atoms with Crippen molar-refractivity contribution in [2.45, 2.75) is 18.9 Å². The van der Waals surface area contributed by atoms with Gasteiger partial charge >= 0.3 is 0 Å². The second-order valence-electron chi connectivity index (χ2n) is 7.79. The molecular weight excluding hydrogens is 326 g/mol. The number of imide groups is 1. The van der Waals surface area contributed by atoms with Gasteiger partial charge in [0.05, 0.1) is 32.5 Å². The second kappa shape index (κ2) is 6.40. The minimum Gasteiger partial charge on any atom is -0.350 e. The summed E-state index contributed by atoms with van der Waals surface area (Å²) in [5, 5.41) is 1.19. The third-order valence-corrected chi connectivity index (χ3v) is 5.96. The molecule has 0 unspecified atom stereocenters. The van der Waals surface area contributed by atoms with Gasteiger partial charge in [-0.2, -0.15) is 0 Å². The Balaban J connectivity index is 1.68. The number of likely N-dealkylation sites (N-methyl/N-ethyl adjacent to an activating group) is 1. The molecule has 4 rings (SSSR count). The first kappa shape index (κ1) is 17.0. The number of carbonyl (C=O) groups excluding carboxylic acids is 2. The molecule has 1 aliphatic carbocycles. The highest BCUT2D eigenvalue weighted by Gasteiger charge is 2.48. The van der Waals surface area contributed by atoms with Crippen molar-refractivity contribution in [2.24, 2.45) is 18.9 Å². The van der Waals surface area contributed by atoms with Crippen molar-refractivity contribution >= 4 is 22.7 Å². The number of allylic oxidation sites excluding steroid dienone is 2. The average Bonchev–Trinajstić information content (AvgIpc) is 3.09. The Hall–Kier alpha value is -2.40. The number of benzene rings is 1. The molecule has 0 bridgehead atoms. The predicted molar refractivity (Wildman–Crippen MR) is 101 cm³/mol. The van der Waals surface area contributed by atoms with Crippen LogP contribution in [0, 0.1) is 11.8 Å². The smallest absolute Gasteiger partial charge is 0.233 e. The van der Waals surface area contributed by atoms with E-state index < -0.39 is 0 Å². The molecule has 5 heteroatoms. The van der Waals surface area contributed by atoms with Crippen LogP contribution < -0.4 is 4.90 Å². The summed E-state index contributed by atoms with van der Waals surface area (Å²) in [4.78, 5) is 28.5. The molecule has 1 aliphatic heterocycles. The number of quaternary nitrogens is 1. The van der Waals surface area contributed by atoms with Gasteiger partial charge in [-0.05, 0) is 18.9 Å². The van der Waals surface area contributed by atoms with Gasteiger partial charge in [0.25, 0.3) is 0 Å². The lowest BCUT2D eigenvalue weighted by molar-refractivity contribution is -0.891. The Bertz CT molecular complexity index is 870. The fraction of sp³-hybridized carbons (Fsp3) is 0.429. The summed E-state index contributed by atoms with van der Waals surface area (Å²) >= 11 is 0. The quantitative estimate of drug-likeness (QED) is 0.666. The largest absolute Gasteiger partial charge is 0.350 e. The summed E-state index contributed by atoms with van der Waals surface area (Å²) in [6.07, 6.45) is 7.60. The maximum Gasteiger partial charge on any atom is 0.233 e. The number of amides is 2. The summed E-state index contributed by atoms with van der Waals surface area (Å²) < 4.78 is 2.12. The summed E-state index contributed by atoms with van der Waals surface area (Å²) in [6.45, 7) is 0.445. The van der Waals surface area contributed by atoms with Crippen molar-refractivity contribution < 1.29 is 14.5 Å². The molecule has 0 spiro atoms. The first-order chi connectivity index (χ1) is 12.5. The van der Waals surface area contributed by atoms with E-state index >= 15 is 0 Å². The molecule has 1 N–H and O–H groups in total. The van der Waals surface area contributed by atoms with Crippen molar-refractivity contribution in [1.29, 1.82) is 0 Å². The molecule has 2 heterocycles. The third-order valence-electron chi connectivity index (χ3n) is 5.96. The molecule has 0 saturated carbocycles. The summed E-state index contributed by atoms with van der Waals surface area (Å²) in [6, 6.07) is 8.36. The predicted octanol–water partition coefficient (Wildman–Crippen LogP) is 1.32. The number of aromatic nitrogens is 1. The minimum atomic E-state index is -0.155. The average molecular weight is 352 g/mol. The molecular formula is C21H26N3O2+. The van der Waals surface area contributed by atoms with Crippen LogP contribution in [-0.2, 0) is 16.6 Å². The topological polar surface area (TPSA) is 46.8 Å². The molecule has 26 heavy (non-hydrogen) atoms. The Kier molecular flexibility index (Phi) is 4.19. The minimum absolute atomic E-state index is 0.0100. The number of para-hydroxylation sites is 1. The second-order valence-corrected chi connectivity index (χ2v) is 7.79. The fourth-order valence-electron chi connectivity index (χ4n) is 4.47. The van der Waals surface area contributed by atoms with Crippen LogP contribution in [0.3, 0.4) is 0 Å². The lowest BCUT2D eigenvalue weighted by atomic mass is 9.85. The van der Waals surface area contributed by atoms with Crippen molar-refractivity contribution in [2.75, 3.05) is 20.6 Å². The maximum absolute atomic E-state index is 12.9. The van der Waals surface area contributed by atoms with E-state index in [-0.39, 0.29) is 29.7 Å². The van der Waals surface area contributed by atoms with Gasteiger partial charge in [0.2, 0.25) is 11.8 Å². The molecule has 2 aliphatic rings. The van der Waals surface area contributed by atoms with Crippen LogP contribution in [0.2, 0.25) is 0 Å². The van der Waals surface area contributed by atoms with Crippen LogP contribution in [-0.4, -0.2) is 41.9 Å². The molecule has 2 aromatic rings. The molecule has 2 amide bonds. The zero-order valence-electron chi connectivity index (χ0n) is 15.6. The number of hydrogen-bond donors (Lipinski definition) is 1. The van der Waals surface area contributed by atoms with Crippen LogP contribution in [0.25, 0.3) is 10.9 Å². The van der Waals surface area contributed by atoms with Gasteiger partial charge in [0.15, 0.2) is 0 Å². The van der Waals surface area contributed by atoms with Crippen molar-refractivity contribution in [1.82, 2.24) is 9.47 Å². The van der Waals surface area contributed by atoms with E-state index in [1.807, 2.05) is 31.3 Å². The van der Waals surface area contributed by atoms with E-state index in [2.05, 4.69) is 37.0 Å². The van der Waals surface area contributed by atoms with Gasteiger partial charge in [-0.15, -0.1) is 0 Å². The van der Waals surface area contributed by atoms with Gasteiger partial charge in [0.1, 0.15) is 6.04 Å². The molecule has 136 valence electrons. The Morgan fingerprint density at radius 2 is 1.69 bits per heavy atom. The Morgan fingerprint density at radius 3 is 2.31 bits per heavy atom. The number of rotatable bonds is 4. The van der Waals surface area contributed by atoms with E-state index in [0.717, 1.165) is 0 Å². The van der Waals surface area contributed by atoms with Crippen molar-refractivity contribution in [3.63, 3.8) is 0 Å².